The van der Waals surface area contributed by atoms with Crippen LogP contribution in [0.2, 0.25) is 0 Å². The normalized spacial score (nSPS) is 19.0. The summed E-state index contributed by atoms with van der Waals surface area (Å²) in [5.74, 6) is 0. The molecular weight excluding hydrogens is 191 g/mol. The molecule has 78 valence electrons. The summed E-state index contributed by atoms with van der Waals surface area (Å²) in [5, 5.41) is 1.41. The van der Waals surface area contributed by atoms with Gasteiger partial charge in [0.1, 0.15) is 0 Å². The van der Waals surface area contributed by atoms with Gasteiger partial charge in [0, 0.05) is 0 Å². The van der Waals surface area contributed by atoms with E-state index in [-0.39, 0.29) is 0 Å². The summed E-state index contributed by atoms with van der Waals surface area (Å²) in [6.45, 7) is 4.58. The van der Waals surface area contributed by atoms with Crippen molar-refractivity contribution in [1.29, 1.82) is 0 Å². The van der Waals surface area contributed by atoms with Crippen molar-refractivity contribution in [3.05, 3.63) is 30.3 Å². The third kappa shape index (κ3) is 2.16. The molecule has 1 nitrogen and oxygen atoms in total. The molecule has 2 heteroatoms. The van der Waals surface area contributed by atoms with Gasteiger partial charge in [-0.2, -0.15) is 0 Å². The van der Waals surface area contributed by atoms with Crippen LogP contribution in [0.15, 0.2) is 30.3 Å². The van der Waals surface area contributed by atoms with Crippen LogP contribution < -0.4 is 5.30 Å². The standard InChI is InChI=1S/C12H19OP/c1-14(2,13-11-7-6-8-11)12-9-4-3-5-10-12/h3-5,9-11,14H,6-8H2,1-2H3. The van der Waals surface area contributed by atoms with E-state index in [1.165, 1.54) is 24.6 Å². The number of hydrogen-bond acceptors (Lipinski definition) is 1. The fourth-order valence-electron chi connectivity index (χ4n) is 1.81. The summed E-state index contributed by atoms with van der Waals surface area (Å²) in [6, 6.07) is 10.7. The van der Waals surface area contributed by atoms with Gasteiger partial charge in [0.05, 0.1) is 0 Å². The molecule has 0 unspecified atom stereocenters. The van der Waals surface area contributed by atoms with Crippen molar-refractivity contribution in [2.45, 2.75) is 25.4 Å². The van der Waals surface area contributed by atoms with Crippen LogP contribution in [0.25, 0.3) is 0 Å². The Bertz CT molecular complexity index is 290. The van der Waals surface area contributed by atoms with Crippen LogP contribution in [-0.2, 0) is 4.52 Å². The van der Waals surface area contributed by atoms with Crippen LogP contribution in [0.1, 0.15) is 19.3 Å². The molecule has 1 aromatic carbocycles. The zero-order chi connectivity index (χ0) is 10.0. The Balaban J connectivity index is 2.06. The molecule has 1 aromatic rings. The Morgan fingerprint density at radius 1 is 1.14 bits per heavy atom. The zero-order valence-corrected chi connectivity index (χ0v) is 9.99. The predicted molar refractivity (Wildman–Crippen MR) is 65.0 cm³/mol. The molecule has 0 atom stereocenters. The zero-order valence-electron chi connectivity index (χ0n) is 8.99. The van der Waals surface area contributed by atoms with Crippen LogP contribution in [0.3, 0.4) is 0 Å². The summed E-state index contributed by atoms with van der Waals surface area (Å²) in [7, 11) is -1.61. The second kappa shape index (κ2) is 4.00. The molecule has 0 spiro atoms. The number of rotatable bonds is 3. The molecular formula is C12H19OP. The van der Waals surface area contributed by atoms with Crippen molar-refractivity contribution < 1.29 is 4.52 Å². The van der Waals surface area contributed by atoms with Gasteiger partial charge in [0.2, 0.25) is 0 Å². The predicted octanol–water partition coefficient (Wildman–Crippen LogP) is 2.81. The molecule has 1 fully saturated rings. The van der Waals surface area contributed by atoms with Crippen molar-refractivity contribution in [2.24, 2.45) is 0 Å². The van der Waals surface area contributed by atoms with E-state index in [0.717, 1.165) is 0 Å². The molecule has 1 aliphatic carbocycles. The molecule has 14 heavy (non-hydrogen) atoms. The second-order valence-corrected chi connectivity index (χ2v) is 8.38. The van der Waals surface area contributed by atoms with E-state index in [0.29, 0.717) is 6.10 Å². The first-order chi connectivity index (χ1) is 6.68. The van der Waals surface area contributed by atoms with Gasteiger partial charge in [-0.25, -0.2) is 0 Å². The van der Waals surface area contributed by atoms with E-state index in [2.05, 4.69) is 43.7 Å². The first-order valence-corrected chi connectivity index (χ1v) is 8.33. The molecule has 0 aromatic heterocycles. The SMILES string of the molecule is C[PH](C)(OC1CCC1)c1ccccc1. The Hall–Kier alpha value is -0.390. The number of benzene rings is 1. The molecule has 0 N–H and O–H groups in total. The van der Waals surface area contributed by atoms with Gasteiger partial charge in [-0.05, 0) is 0 Å². The fraction of sp³-hybridized carbons (Fsp3) is 0.500. The third-order valence-electron chi connectivity index (χ3n) is 2.98. The van der Waals surface area contributed by atoms with Crippen LogP contribution in [-0.4, -0.2) is 19.4 Å². The molecule has 2 rings (SSSR count). The maximum atomic E-state index is 6.20. The number of hydrogen-bond donors (Lipinski definition) is 0. The van der Waals surface area contributed by atoms with Gasteiger partial charge in [-0.3, -0.25) is 0 Å². The average molecular weight is 210 g/mol. The van der Waals surface area contributed by atoms with Crippen molar-refractivity contribution >= 4 is 12.8 Å². The molecule has 1 aliphatic rings. The van der Waals surface area contributed by atoms with E-state index < -0.39 is 7.49 Å². The van der Waals surface area contributed by atoms with Crippen LogP contribution >= 0.6 is 7.49 Å². The molecule has 1 saturated carbocycles. The fourth-order valence-corrected chi connectivity index (χ4v) is 4.01. The first-order valence-electron chi connectivity index (χ1n) is 5.42. The Kier molecular flexibility index (Phi) is 2.90. The van der Waals surface area contributed by atoms with Gasteiger partial charge in [-0.15, -0.1) is 0 Å². The van der Waals surface area contributed by atoms with Crippen molar-refractivity contribution in [2.75, 3.05) is 13.3 Å². The molecule has 0 aliphatic heterocycles. The maximum absolute atomic E-state index is 6.20. The average Bonchev–Trinajstić information content (AvgIpc) is 2.13. The summed E-state index contributed by atoms with van der Waals surface area (Å²) in [5.41, 5.74) is 0. The minimum absolute atomic E-state index is 0.553. The monoisotopic (exact) mass is 210 g/mol. The van der Waals surface area contributed by atoms with Gasteiger partial charge in [0.25, 0.3) is 0 Å². The van der Waals surface area contributed by atoms with Crippen LogP contribution in [0.4, 0.5) is 0 Å². The van der Waals surface area contributed by atoms with E-state index in [4.69, 9.17) is 4.52 Å². The molecule has 0 heterocycles. The van der Waals surface area contributed by atoms with E-state index in [1.54, 1.807) is 0 Å². The Morgan fingerprint density at radius 3 is 2.29 bits per heavy atom. The second-order valence-electron chi connectivity index (χ2n) is 4.55. The van der Waals surface area contributed by atoms with E-state index >= 15 is 0 Å². The van der Waals surface area contributed by atoms with Gasteiger partial charge < -0.3 is 0 Å². The summed E-state index contributed by atoms with van der Waals surface area (Å²) >= 11 is 0. The van der Waals surface area contributed by atoms with Crippen LogP contribution in [0, 0.1) is 0 Å². The topological polar surface area (TPSA) is 9.23 Å². The summed E-state index contributed by atoms with van der Waals surface area (Å²) in [6.07, 6.45) is 4.44. The van der Waals surface area contributed by atoms with Crippen molar-refractivity contribution in [3.8, 4) is 0 Å². The van der Waals surface area contributed by atoms with E-state index in [1.807, 2.05) is 0 Å². The molecule has 0 bridgehead atoms. The van der Waals surface area contributed by atoms with Gasteiger partial charge in [-0.1, -0.05) is 0 Å². The molecule has 0 saturated heterocycles. The van der Waals surface area contributed by atoms with Crippen molar-refractivity contribution in [3.63, 3.8) is 0 Å². The van der Waals surface area contributed by atoms with Crippen LogP contribution in [0.5, 0.6) is 0 Å². The molecule has 0 amide bonds. The minimum atomic E-state index is -1.61. The van der Waals surface area contributed by atoms with Crippen molar-refractivity contribution in [1.82, 2.24) is 0 Å². The quantitative estimate of drug-likeness (QED) is 0.697. The summed E-state index contributed by atoms with van der Waals surface area (Å²) in [4.78, 5) is 0. The summed E-state index contributed by atoms with van der Waals surface area (Å²) < 4.78 is 6.20. The van der Waals surface area contributed by atoms with Gasteiger partial charge >= 0.3 is 86.3 Å². The Morgan fingerprint density at radius 2 is 1.79 bits per heavy atom. The Labute approximate surface area is 86.9 Å². The molecule has 0 radical (unpaired) electrons. The van der Waals surface area contributed by atoms with E-state index in [9.17, 15) is 0 Å². The first kappa shape index (κ1) is 10.1. The third-order valence-corrected chi connectivity index (χ3v) is 5.63. The van der Waals surface area contributed by atoms with Gasteiger partial charge in [0.15, 0.2) is 0 Å².